The zero-order valence-corrected chi connectivity index (χ0v) is 8.99. The predicted octanol–water partition coefficient (Wildman–Crippen LogP) is 1.84. The molecule has 3 heteroatoms. The van der Waals surface area contributed by atoms with Crippen molar-refractivity contribution in [3.05, 3.63) is 22.4 Å². The molecule has 1 heterocycles. The first-order valence-corrected chi connectivity index (χ1v) is 5.74. The largest absolute Gasteiger partial charge is 0.320 e. The normalized spacial score (nSPS) is 10.5. The van der Waals surface area contributed by atoms with Crippen molar-refractivity contribution in [3.63, 3.8) is 0 Å². The molecule has 0 aliphatic heterocycles. The first kappa shape index (κ1) is 10.7. The zero-order chi connectivity index (χ0) is 9.36. The highest BCUT2D eigenvalue weighted by atomic mass is 32.1. The lowest BCUT2D eigenvalue weighted by Crippen LogP contribution is -2.16. The first-order valence-electron chi connectivity index (χ1n) is 4.80. The van der Waals surface area contributed by atoms with E-state index in [-0.39, 0.29) is 0 Å². The smallest absolute Gasteiger partial charge is 0.0213 e. The Balaban J connectivity index is 1.90. The maximum absolute atomic E-state index is 3.43. The van der Waals surface area contributed by atoms with E-state index in [2.05, 4.69) is 27.5 Å². The van der Waals surface area contributed by atoms with Crippen LogP contribution in [0.15, 0.2) is 16.8 Å². The summed E-state index contributed by atoms with van der Waals surface area (Å²) in [5.74, 6) is 0. The quantitative estimate of drug-likeness (QED) is 0.653. The molecule has 2 nitrogen and oxygen atoms in total. The van der Waals surface area contributed by atoms with Crippen LogP contribution in [0.25, 0.3) is 0 Å². The van der Waals surface area contributed by atoms with E-state index in [1.54, 1.807) is 11.3 Å². The van der Waals surface area contributed by atoms with Crippen molar-refractivity contribution in [3.8, 4) is 0 Å². The molecule has 1 aromatic heterocycles. The average Bonchev–Trinajstić information content (AvgIpc) is 2.63. The highest BCUT2D eigenvalue weighted by Gasteiger charge is 1.91. The average molecular weight is 198 g/mol. The fourth-order valence-corrected chi connectivity index (χ4v) is 1.85. The number of nitrogens with one attached hydrogen (secondary N) is 2. The molecule has 0 aliphatic carbocycles. The molecule has 0 aromatic carbocycles. The van der Waals surface area contributed by atoms with Crippen LogP contribution >= 0.6 is 11.3 Å². The van der Waals surface area contributed by atoms with Crippen LogP contribution in [-0.4, -0.2) is 20.1 Å². The zero-order valence-electron chi connectivity index (χ0n) is 8.18. The Morgan fingerprint density at radius 3 is 2.85 bits per heavy atom. The molecule has 2 N–H and O–H groups in total. The Kier molecular flexibility index (Phi) is 5.81. The number of thiophene rings is 1. The third kappa shape index (κ3) is 5.03. The van der Waals surface area contributed by atoms with Crippen molar-refractivity contribution >= 4 is 11.3 Å². The standard InChI is InChI=1S/C10H18N2S/c1-11-5-2-3-6-12-8-10-4-7-13-9-10/h4,7,9,11-12H,2-3,5-6,8H2,1H3. The monoisotopic (exact) mass is 198 g/mol. The molecule has 0 atom stereocenters. The molecular formula is C10H18N2S. The SMILES string of the molecule is CNCCCCNCc1ccsc1. The lowest BCUT2D eigenvalue weighted by molar-refractivity contribution is 0.606. The van der Waals surface area contributed by atoms with Gasteiger partial charge in [-0.3, -0.25) is 0 Å². The van der Waals surface area contributed by atoms with Gasteiger partial charge in [0, 0.05) is 6.54 Å². The van der Waals surface area contributed by atoms with Crippen LogP contribution in [0.1, 0.15) is 18.4 Å². The fourth-order valence-electron chi connectivity index (χ4n) is 1.18. The van der Waals surface area contributed by atoms with E-state index in [1.807, 2.05) is 7.05 Å². The second kappa shape index (κ2) is 7.06. The van der Waals surface area contributed by atoms with Crippen molar-refractivity contribution in [2.24, 2.45) is 0 Å². The number of rotatable bonds is 7. The topological polar surface area (TPSA) is 24.1 Å². The van der Waals surface area contributed by atoms with Crippen molar-refractivity contribution in [2.75, 3.05) is 20.1 Å². The highest BCUT2D eigenvalue weighted by molar-refractivity contribution is 7.07. The summed E-state index contributed by atoms with van der Waals surface area (Å²) in [6.07, 6.45) is 2.51. The molecular weight excluding hydrogens is 180 g/mol. The molecule has 0 radical (unpaired) electrons. The van der Waals surface area contributed by atoms with Crippen LogP contribution in [0.4, 0.5) is 0 Å². The second-order valence-electron chi connectivity index (χ2n) is 3.12. The van der Waals surface area contributed by atoms with E-state index in [0.717, 1.165) is 19.6 Å². The number of hydrogen-bond acceptors (Lipinski definition) is 3. The number of unbranched alkanes of at least 4 members (excludes halogenated alkanes) is 1. The molecule has 1 rings (SSSR count). The summed E-state index contributed by atoms with van der Waals surface area (Å²) in [6.45, 7) is 3.26. The molecule has 0 spiro atoms. The van der Waals surface area contributed by atoms with Crippen molar-refractivity contribution in [1.29, 1.82) is 0 Å². The van der Waals surface area contributed by atoms with Crippen LogP contribution in [0, 0.1) is 0 Å². The Morgan fingerprint density at radius 1 is 1.31 bits per heavy atom. The van der Waals surface area contributed by atoms with Gasteiger partial charge in [-0.1, -0.05) is 0 Å². The van der Waals surface area contributed by atoms with Gasteiger partial charge in [-0.15, -0.1) is 0 Å². The van der Waals surface area contributed by atoms with Crippen LogP contribution in [0.3, 0.4) is 0 Å². The highest BCUT2D eigenvalue weighted by Crippen LogP contribution is 2.04. The van der Waals surface area contributed by atoms with Crippen LogP contribution in [-0.2, 0) is 6.54 Å². The summed E-state index contributed by atoms with van der Waals surface area (Å²) in [5, 5.41) is 10.9. The molecule has 0 fully saturated rings. The molecule has 0 aliphatic rings. The van der Waals surface area contributed by atoms with E-state index in [1.165, 1.54) is 18.4 Å². The Hall–Kier alpha value is -0.380. The fraction of sp³-hybridized carbons (Fsp3) is 0.600. The van der Waals surface area contributed by atoms with Gasteiger partial charge in [0.15, 0.2) is 0 Å². The predicted molar refractivity (Wildman–Crippen MR) is 59.2 cm³/mol. The lowest BCUT2D eigenvalue weighted by Gasteiger charge is -2.02. The van der Waals surface area contributed by atoms with E-state index >= 15 is 0 Å². The summed E-state index contributed by atoms with van der Waals surface area (Å²) in [4.78, 5) is 0. The minimum atomic E-state index is 1.02. The maximum Gasteiger partial charge on any atom is 0.0213 e. The van der Waals surface area contributed by atoms with Crippen molar-refractivity contribution in [1.82, 2.24) is 10.6 Å². The molecule has 1 aromatic rings. The summed E-state index contributed by atoms with van der Waals surface area (Å²) < 4.78 is 0. The van der Waals surface area contributed by atoms with Gasteiger partial charge in [0.1, 0.15) is 0 Å². The van der Waals surface area contributed by atoms with Gasteiger partial charge >= 0.3 is 0 Å². The molecule has 0 amide bonds. The van der Waals surface area contributed by atoms with E-state index < -0.39 is 0 Å². The molecule has 0 bridgehead atoms. The molecule has 0 saturated carbocycles. The lowest BCUT2D eigenvalue weighted by atomic mass is 10.3. The summed E-state index contributed by atoms with van der Waals surface area (Å²) in [5.41, 5.74) is 1.40. The summed E-state index contributed by atoms with van der Waals surface area (Å²) in [7, 11) is 2.00. The van der Waals surface area contributed by atoms with Gasteiger partial charge < -0.3 is 10.6 Å². The minimum Gasteiger partial charge on any atom is -0.320 e. The van der Waals surface area contributed by atoms with Gasteiger partial charge in [0.25, 0.3) is 0 Å². The van der Waals surface area contributed by atoms with E-state index in [0.29, 0.717) is 0 Å². The van der Waals surface area contributed by atoms with Gasteiger partial charge in [-0.25, -0.2) is 0 Å². The molecule has 0 unspecified atom stereocenters. The summed E-state index contributed by atoms with van der Waals surface area (Å²) in [6, 6.07) is 2.17. The van der Waals surface area contributed by atoms with Crippen molar-refractivity contribution in [2.45, 2.75) is 19.4 Å². The minimum absolute atomic E-state index is 1.02. The summed E-state index contributed by atoms with van der Waals surface area (Å²) >= 11 is 1.76. The third-order valence-electron chi connectivity index (χ3n) is 1.94. The first-order chi connectivity index (χ1) is 6.43. The van der Waals surface area contributed by atoms with Crippen LogP contribution in [0.5, 0.6) is 0 Å². The third-order valence-corrected chi connectivity index (χ3v) is 2.67. The van der Waals surface area contributed by atoms with Gasteiger partial charge in [-0.2, -0.15) is 11.3 Å². The second-order valence-corrected chi connectivity index (χ2v) is 3.90. The van der Waals surface area contributed by atoms with E-state index in [9.17, 15) is 0 Å². The van der Waals surface area contributed by atoms with Gasteiger partial charge in [0.05, 0.1) is 0 Å². The molecule has 13 heavy (non-hydrogen) atoms. The number of hydrogen-bond donors (Lipinski definition) is 2. The Morgan fingerprint density at radius 2 is 2.15 bits per heavy atom. The van der Waals surface area contributed by atoms with E-state index in [4.69, 9.17) is 0 Å². The van der Waals surface area contributed by atoms with Gasteiger partial charge in [-0.05, 0) is 55.4 Å². The van der Waals surface area contributed by atoms with Crippen molar-refractivity contribution < 1.29 is 0 Å². The molecule has 74 valence electrons. The van der Waals surface area contributed by atoms with Crippen LogP contribution in [0.2, 0.25) is 0 Å². The Bertz CT molecular complexity index is 197. The van der Waals surface area contributed by atoms with Gasteiger partial charge in [0.2, 0.25) is 0 Å². The molecule has 0 saturated heterocycles. The van der Waals surface area contributed by atoms with Crippen LogP contribution < -0.4 is 10.6 Å². The Labute approximate surface area is 84.4 Å². The maximum atomic E-state index is 3.43.